The van der Waals surface area contributed by atoms with Gasteiger partial charge in [-0.05, 0) is 18.7 Å². The summed E-state index contributed by atoms with van der Waals surface area (Å²) in [6, 6.07) is 3.07. The van der Waals surface area contributed by atoms with E-state index in [1.807, 2.05) is 0 Å². The zero-order chi connectivity index (χ0) is 19.9. The molecular weight excluding hydrogens is 431 g/mol. The summed E-state index contributed by atoms with van der Waals surface area (Å²) in [5.41, 5.74) is -5.52. The van der Waals surface area contributed by atoms with E-state index in [1.54, 1.807) is 0 Å². The minimum absolute atomic E-state index is 0.114. The summed E-state index contributed by atoms with van der Waals surface area (Å²) in [6.07, 6.45) is -4.99. The smallest absolute Gasteiger partial charge is 0.406 e. The standard InChI is InChI=1S/C13H5Cl2F6N3OS/c1-5-11(26-13(19,20)21)9(4-22)23-24(5)10-7(14)2-6(3-8(10)15)25-12(16,17)18/h2-3H,1H3. The Labute approximate surface area is 156 Å². The highest BCUT2D eigenvalue weighted by molar-refractivity contribution is 8.00. The van der Waals surface area contributed by atoms with Gasteiger partial charge in [0.15, 0.2) is 5.69 Å². The van der Waals surface area contributed by atoms with Gasteiger partial charge in [-0.1, -0.05) is 23.2 Å². The molecule has 0 fully saturated rings. The van der Waals surface area contributed by atoms with Crippen LogP contribution in [0.3, 0.4) is 0 Å². The van der Waals surface area contributed by atoms with Gasteiger partial charge >= 0.3 is 11.9 Å². The van der Waals surface area contributed by atoms with Crippen LogP contribution in [-0.2, 0) is 0 Å². The van der Waals surface area contributed by atoms with E-state index in [2.05, 4.69) is 9.84 Å². The third kappa shape index (κ3) is 4.69. The van der Waals surface area contributed by atoms with Gasteiger partial charge in [0.1, 0.15) is 17.5 Å². The normalized spacial score (nSPS) is 12.2. The lowest BCUT2D eigenvalue weighted by atomic mass is 10.3. The minimum atomic E-state index is -4.99. The summed E-state index contributed by atoms with van der Waals surface area (Å²) in [5, 5.41) is 12.0. The number of ether oxygens (including phenoxy) is 1. The fourth-order valence-electron chi connectivity index (χ4n) is 1.95. The van der Waals surface area contributed by atoms with E-state index in [0.717, 1.165) is 16.8 Å². The molecule has 0 saturated heterocycles. The van der Waals surface area contributed by atoms with E-state index in [1.165, 1.54) is 13.0 Å². The van der Waals surface area contributed by atoms with Crippen LogP contribution in [0.4, 0.5) is 26.3 Å². The fourth-order valence-corrected chi connectivity index (χ4v) is 3.23. The molecule has 1 aromatic heterocycles. The summed E-state index contributed by atoms with van der Waals surface area (Å²) in [7, 11) is 0. The topological polar surface area (TPSA) is 50.8 Å². The van der Waals surface area contributed by atoms with Crippen molar-refractivity contribution in [2.75, 3.05) is 0 Å². The summed E-state index contributed by atoms with van der Waals surface area (Å²) >= 11 is 11.3. The molecule has 1 heterocycles. The van der Waals surface area contributed by atoms with Crippen molar-refractivity contribution < 1.29 is 31.1 Å². The number of nitriles is 1. The Morgan fingerprint density at radius 2 is 1.69 bits per heavy atom. The van der Waals surface area contributed by atoms with Crippen LogP contribution in [-0.4, -0.2) is 21.7 Å². The van der Waals surface area contributed by atoms with Gasteiger partial charge in [-0.3, -0.25) is 0 Å². The molecule has 0 unspecified atom stereocenters. The Balaban J connectivity index is 2.58. The van der Waals surface area contributed by atoms with Crippen LogP contribution in [0.1, 0.15) is 11.4 Å². The summed E-state index contributed by atoms with van der Waals surface area (Å²) in [5.74, 6) is -0.716. The van der Waals surface area contributed by atoms with Crippen LogP contribution in [0.5, 0.6) is 5.75 Å². The maximum absolute atomic E-state index is 12.7. The van der Waals surface area contributed by atoms with Gasteiger partial charge in [-0.2, -0.15) is 23.5 Å². The molecule has 0 spiro atoms. The predicted octanol–water partition coefficient (Wildman–Crippen LogP) is 5.87. The van der Waals surface area contributed by atoms with Gasteiger partial charge in [0.25, 0.3) is 0 Å². The molecule has 0 radical (unpaired) electrons. The van der Waals surface area contributed by atoms with Crippen molar-refractivity contribution in [2.24, 2.45) is 0 Å². The number of hydrogen-bond donors (Lipinski definition) is 0. The molecule has 0 aliphatic rings. The molecular formula is C13H5Cl2F6N3OS. The second-order valence-electron chi connectivity index (χ2n) is 4.62. The number of halogens is 8. The molecule has 26 heavy (non-hydrogen) atoms. The molecule has 2 rings (SSSR count). The third-order valence-corrected chi connectivity index (χ3v) is 4.32. The number of benzene rings is 1. The van der Waals surface area contributed by atoms with E-state index in [-0.39, 0.29) is 21.4 Å². The molecule has 1 aromatic carbocycles. The van der Waals surface area contributed by atoms with Crippen LogP contribution in [0.25, 0.3) is 5.69 Å². The maximum Gasteiger partial charge on any atom is 0.573 e. The highest BCUT2D eigenvalue weighted by Gasteiger charge is 2.35. The van der Waals surface area contributed by atoms with Crippen molar-refractivity contribution in [3.05, 3.63) is 33.6 Å². The molecule has 0 atom stereocenters. The van der Waals surface area contributed by atoms with Gasteiger partial charge < -0.3 is 4.74 Å². The second-order valence-corrected chi connectivity index (χ2v) is 6.51. The first kappa shape index (κ1) is 20.5. The SMILES string of the molecule is Cc1c(SC(F)(F)F)c(C#N)nn1-c1c(Cl)cc(OC(F)(F)F)cc1Cl. The molecule has 0 aliphatic carbocycles. The zero-order valence-corrected chi connectivity index (χ0v) is 14.7. The van der Waals surface area contributed by atoms with Gasteiger partial charge in [0.05, 0.1) is 20.6 Å². The lowest BCUT2D eigenvalue weighted by molar-refractivity contribution is -0.274. The van der Waals surface area contributed by atoms with Crippen LogP contribution in [0.15, 0.2) is 17.0 Å². The summed E-state index contributed by atoms with van der Waals surface area (Å²) in [6.45, 7) is 1.23. The lowest BCUT2D eigenvalue weighted by Gasteiger charge is -2.14. The number of aromatic nitrogens is 2. The fraction of sp³-hybridized carbons (Fsp3) is 0.231. The number of hydrogen-bond acceptors (Lipinski definition) is 4. The Morgan fingerprint density at radius 3 is 2.12 bits per heavy atom. The van der Waals surface area contributed by atoms with E-state index in [4.69, 9.17) is 28.5 Å². The predicted molar refractivity (Wildman–Crippen MR) is 81.6 cm³/mol. The second kappa shape index (κ2) is 7.09. The maximum atomic E-state index is 12.7. The summed E-state index contributed by atoms with van der Waals surface area (Å²) < 4.78 is 79.4. The molecule has 140 valence electrons. The molecule has 0 bridgehead atoms. The molecule has 0 amide bonds. The van der Waals surface area contributed by atoms with E-state index in [0.29, 0.717) is 0 Å². The third-order valence-electron chi connectivity index (χ3n) is 2.82. The Morgan fingerprint density at radius 1 is 1.15 bits per heavy atom. The van der Waals surface area contributed by atoms with Crippen LogP contribution >= 0.6 is 35.0 Å². The first-order chi connectivity index (χ1) is 11.8. The minimum Gasteiger partial charge on any atom is -0.406 e. The Hall–Kier alpha value is -1.77. The van der Waals surface area contributed by atoms with Gasteiger partial charge in [0.2, 0.25) is 0 Å². The van der Waals surface area contributed by atoms with Crippen LogP contribution in [0.2, 0.25) is 10.0 Å². The van der Waals surface area contributed by atoms with E-state index in [9.17, 15) is 26.3 Å². The van der Waals surface area contributed by atoms with Crippen molar-refractivity contribution in [2.45, 2.75) is 23.7 Å². The average molecular weight is 436 g/mol. The quantitative estimate of drug-likeness (QED) is 0.446. The highest BCUT2D eigenvalue weighted by Crippen LogP contribution is 2.42. The number of rotatable bonds is 3. The number of nitrogens with zero attached hydrogens (tertiary/aromatic N) is 3. The molecule has 4 nitrogen and oxygen atoms in total. The molecule has 0 aliphatic heterocycles. The lowest BCUT2D eigenvalue weighted by Crippen LogP contribution is -2.17. The zero-order valence-electron chi connectivity index (χ0n) is 12.3. The molecule has 0 saturated carbocycles. The average Bonchev–Trinajstić information content (AvgIpc) is 2.72. The molecule has 2 aromatic rings. The van der Waals surface area contributed by atoms with Crippen molar-refractivity contribution in [1.29, 1.82) is 5.26 Å². The van der Waals surface area contributed by atoms with Crippen LogP contribution in [0, 0.1) is 18.3 Å². The Kier molecular flexibility index (Phi) is 5.60. The van der Waals surface area contributed by atoms with E-state index < -0.39 is 40.0 Å². The van der Waals surface area contributed by atoms with Crippen LogP contribution < -0.4 is 4.74 Å². The number of alkyl halides is 6. The first-order valence-electron chi connectivity index (χ1n) is 6.33. The van der Waals surface area contributed by atoms with Gasteiger partial charge in [-0.15, -0.1) is 13.2 Å². The van der Waals surface area contributed by atoms with Gasteiger partial charge in [0, 0.05) is 12.1 Å². The molecule has 13 heteroatoms. The number of thioether (sulfide) groups is 1. The van der Waals surface area contributed by atoms with E-state index >= 15 is 0 Å². The van der Waals surface area contributed by atoms with Gasteiger partial charge in [-0.25, -0.2) is 4.68 Å². The summed E-state index contributed by atoms with van der Waals surface area (Å²) in [4.78, 5) is -0.470. The monoisotopic (exact) mass is 435 g/mol. The van der Waals surface area contributed by atoms with Crippen molar-refractivity contribution >= 4 is 35.0 Å². The largest absolute Gasteiger partial charge is 0.573 e. The first-order valence-corrected chi connectivity index (χ1v) is 7.90. The molecule has 0 N–H and O–H groups in total. The van der Waals surface area contributed by atoms with Crippen molar-refractivity contribution in [3.8, 4) is 17.5 Å². The Bertz CT molecular complexity index is 865. The highest BCUT2D eigenvalue weighted by atomic mass is 35.5. The van der Waals surface area contributed by atoms with Crippen molar-refractivity contribution in [1.82, 2.24) is 9.78 Å². The van der Waals surface area contributed by atoms with Crippen molar-refractivity contribution in [3.63, 3.8) is 0 Å².